The van der Waals surface area contributed by atoms with Crippen molar-refractivity contribution >= 4 is 11.9 Å². The van der Waals surface area contributed by atoms with E-state index in [1.54, 1.807) is 6.07 Å². The van der Waals surface area contributed by atoms with Gasteiger partial charge in [0.15, 0.2) is 0 Å². The lowest BCUT2D eigenvalue weighted by Crippen LogP contribution is -2.38. The standard InChI is InChI=1S/C13H13N3O3/c1-8(13(18)19)14-12(17)11-7-10(15-16-11)9-5-3-2-4-6-9/h2-8H,1H3,(H,14,17)(H,15,16)(H,18,19)/t8-/m1/s1. The third kappa shape index (κ3) is 2.98. The number of aromatic amines is 1. The molecule has 6 heteroatoms. The summed E-state index contributed by atoms with van der Waals surface area (Å²) in [5, 5.41) is 17.7. The molecule has 0 aliphatic carbocycles. The Morgan fingerprint density at radius 2 is 2.00 bits per heavy atom. The van der Waals surface area contributed by atoms with Gasteiger partial charge in [-0.05, 0) is 13.0 Å². The highest BCUT2D eigenvalue weighted by atomic mass is 16.4. The van der Waals surface area contributed by atoms with Gasteiger partial charge in [0.1, 0.15) is 11.7 Å². The second-order valence-corrected chi connectivity index (χ2v) is 4.07. The first-order chi connectivity index (χ1) is 9.08. The SMILES string of the molecule is C[C@@H](NC(=O)c1cc(-c2ccccc2)n[nH]1)C(=O)O. The molecule has 0 unspecified atom stereocenters. The predicted octanol–water partition coefficient (Wildman–Crippen LogP) is 1.28. The molecule has 1 aromatic heterocycles. The Morgan fingerprint density at radius 3 is 2.63 bits per heavy atom. The number of aromatic nitrogens is 2. The number of H-pyrrole nitrogens is 1. The van der Waals surface area contributed by atoms with Gasteiger partial charge in [-0.1, -0.05) is 30.3 Å². The van der Waals surface area contributed by atoms with Crippen molar-refractivity contribution in [1.82, 2.24) is 15.5 Å². The highest BCUT2D eigenvalue weighted by molar-refractivity contribution is 5.95. The van der Waals surface area contributed by atoms with Crippen molar-refractivity contribution in [2.75, 3.05) is 0 Å². The summed E-state index contributed by atoms with van der Waals surface area (Å²) in [5.41, 5.74) is 1.74. The fraction of sp³-hybridized carbons (Fsp3) is 0.154. The summed E-state index contributed by atoms with van der Waals surface area (Å²) in [6.45, 7) is 1.40. The number of benzene rings is 1. The number of nitrogens with zero attached hydrogens (tertiary/aromatic N) is 1. The summed E-state index contributed by atoms with van der Waals surface area (Å²) >= 11 is 0. The molecule has 0 spiro atoms. The summed E-state index contributed by atoms with van der Waals surface area (Å²) in [5.74, 6) is -1.58. The molecule has 3 N–H and O–H groups in total. The number of amides is 1. The molecule has 6 nitrogen and oxygen atoms in total. The normalized spacial score (nSPS) is 11.8. The molecule has 0 aliphatic heterocycles. The quantitative estimate of drug-likeness (QED) is 0.770. The highest BCUT2D eigenvalue weighted by Crippen LogP contribution is 2.16. The molecule has 0 radical (unpaired) electrons. The summed E-state index contributed by atoms with van der Waals surface area (Å²) < 4.78 is 0. The molecule has 0 aliphatic rings. The van der Waals surface area contributed by atoms with Gasteiger partial charge in [-0.15, -0.1) is 0 Å². The molecular formula is C13H13N3O3. The third-order valence-corrected chi connectivity index (χ3v) is 2.61. The Balaban J connectivity index is 2.13. The number of hydrogen-bond donors (Lipinski definition) is 3. The average molecular weight is 259 g/mol. The van der Waals surface area contributed by atoms with E-state index in [0.717, 1.165) is 5.56 Å². The number of carboxylic acid groups (broad SMARTS) is 1. The third-order valence-electron chi connectivity index (χ3n) is 2.61. The Morgan fingerprint density at radius 1 is 1.32 bits per heavy atom. The van der Waals surface area contributed by atoms with E-state index in [2.05, 4.69) is 15.5 Å². The highest BCUT2D eigenvalue weighted by Gasteiger charge is 2.17. The summed E-state index contributed by atoms with van der Waals surface area (Å²) in [6.07, 6.45) is 0. The van der Waals surface area contributed by atoms with Crippen LogP contribution in [0.3, 0.4) is 0 Å². The van der Waals surface area contributed by atoms with E-state index in [1.165, 1.54) is 6.92 Å². The molecule has 0 saturated carbocycles. The van der Waals surface area contributed by atoms with Crippen molar-refractivity contribution in [2.45, 2.75) is 13.0 Å². The van der Waals surface area contributed by atoms with Crippen molar-refractivity contribution in [3.8, 4) is 11.3 Å². The minimum Gasteiger partial charge on any atom is -0.480 e. The molecule has 1 aromatic carbocycles. The van der Waals surface area contributed by atoms with E-state index in [4.69, 9.17) is 5.11 Å². The molecule has 98 valence electrons. The number of nitrogens with one attached hydrogen (secondary N) is 2. The number of carbonyl (C=O) groups is 2. The van der Waals surface area contributed by atoms with Crippen LogP contribution in [0.1, 0.15) is 17.4 Å². The summed E-state index contributed by atoms with van der Waals surface area (Å²) in [7, 11) is 0. The molecular weight excluding hydrogens is 246 g/mol. The lowest BCUT2D eigenvalue weighted by Gasteiger charge is -2.06. The van der Waals surface area contributed by atoms with Gasteiger partial charge in [0.05, 0.1) is 5.69 Å². The predicted molar refractivity (Wildman–Crippen MR) is 68.6 cm³/mol. The molecule has 2 rings (SSSR count). The molecule has 1 atom stereocenters. The molecule has 0 fully saturated rings. The Bertz CT molecular complexity index is 592. The number of carboxylic acids is 1. The number of carbonyl (C=O) groups excluding carboxylic acids is 1. The zero-order chi connectivity index (χ0) is 13.8. The first-order valence-corrected chi connectivity index (χ1v) is 5.72. The van der Waals surface area contributed by atoms with Crippen LogP contribution in [-0.4, -0.2) is 33.2 Å². The number of hydrogen-bond acceptors (Lipinski definition) is 3. The maximum atomic E-state index is 11.8. The molecule has 0 saturated heterocycles. The van der Waals surface area contributed by atoms with Gasteiger partial charge in [0.2, 0.25) is 0 Å². The van der Waals surface area contributed by atoms with Crippen molar-refractivity contribution in [2.24, 2.45) is 0 Å². The Kier molecular flexibility index (Phi) is 3.61. The lowest BCUT2D eigenvalue weighted by atomic mass is 10.1. The lowest BCUT2D eigenvalue weighted by molar-refractivity contribution is -0.138. The van der Waals surface area contributed by atoms with Crippen molar-refractivity contribution in [1.29, 1.82) is 0 Å². The second-order valence-electron chi connectivity index (χ2n) is 4.07. The van der Waals surface area contributed by atoms with Gasteiger partial charge in [0.25, 0.3) is 5.91 Å². The molecule has 0 bridgehead atoms. The van der Waals surface area contributed by atoms with Crippen LogP contribution >= 0.6 is 0 Å². The summed E-state index contributed by atoms with van der Waals surface area (Å²) in [4.78, 5) is 22.4. The minimum absolute atomic E-state index is 0.229. The second kappa shape index (κ2) is 5.34. The van der Waals surface area contributed by atoms with E-state index in [-0.39, 0.29) is 5.69 Å². The van der Waals surface area contributed by atoms with Gasteiger partial charge in [-0.3, -0.25) is 14.7 Å². The Hall–Kier alpha value is -2.63. The van der Waals surface area contributed by atoms with Crippen LogP contribution in [-0.2, 0) is 4.79 Å². The zero-order valence-electron chi connectivity index (χ0n) is 10.3. The van der Waals surface area contributed by atoms with E-state index in [0.29, 0.717) is 5.69 Å². The van der Waals surface area contributed by atoms with Crippen molar-refractivity contribution in [3.05, 3.63) is 42.1 Å². The van der Waals surface area contributed by atoms with Crippen LogP contribution in [0.2, 0.25) is 0 Å². The fourth-order valence-corrected chi connectivity index (χ4v) is 1.53. The largest absolute Gasteiger partial charge is 0.480 e. The van der Waals surface area contributed by atoms with Crippen LogP contribution < -0.4 is 5.32 Å². The van der Waals surface area contributed by atoms with Crippen LogP contribution in [0.5, 0.6) is 0 Å². The smallest absolute Gasteiger partial charge is 0.325 e. The van der Waals surface area contributed by atoms with Gasteiger partial charge >= 0.3 is 5.97 Å². The first kappa shape index (κ1) is 12.8. The molecule has 2 aromatic rings. The summed E-state index contributed by atoms with van der Waals surface area (Å²) in [6, 6.07) is 10.0. The molecule has 1 amide bonds. The van der Waals surface area contributed by atoms with Crippen LogP contribution in [0.25, 0.3) is 11.3 Å². The number of rotatable bonds is 4. The van der Waals surface area contributed by atoms with Gasteiger partial charge in [-0.2, -0.15) is 5.10 Å². The van der Waals surface area contributed by atoms with Crippen LogP contribution in [0.4, 0.5) is 0 Å². The van der Waals surface area contributed by atoms with Gasteiger partial charge in [-0.25, -0.2) is 0 Å². The van der Waals surface area contributed by atoms with E-state index < -0.39 is 17.9 Å². The van der Waals surface area contributed by atoms with E-state index in [1.807, 2.05) is 30.3 Å². The van der Waals surface area contributed by atoms with E-state index in [9.17, 15) is 9.59 Å². The molecule has 1 heterocycles. The fourth-order valence-electron chi connectivity index (χ4n) is 1.53. The van der Waals surface area contributed by atoms with E-state index >= 15 is 0 Å². The number of aliphatic carboxylic acids is 1. The Labute approximate surface area is 109 Å². The van der Waals surface area contributed by atoms with Crippen molar-refractivity contribution < 1.29 is 14.7 Å². The van der Waals surface area contributed by atoms with Crippen LogP contribution in [0.15, 0.2) is 36.4 Å². The maximum Gasteiger partial charge on any atom is 0.325 e. The van der Waals surface area contributed by atoms with Crippen molar-refractivity contribution in [3.63, 3.8) is 0 Å². The molecule has 19 heavy (non-hydrogen) atoms. The van der Waals surface area contributed by atoms with Gasteiger partial charge in [0, 0.05) is 5.56 Å². The van der Waals surface area contributed by atoms with Crippen LogP contribution in [0, 0.1) is 0 Å². The average Bonchev–Trinajstić information content (AvgIpc) is 2.89. The maximum absolute atomic E-state index is 11.8. The zero-order valence-corrected chi connectivity index (χ0v) is 10.3. The van der Waals surface area contributed by atoms with Gasteiger partial charge < -0.3 is 10.4 Å². The first-order valence-electron chi connectivity index (χ1n) is 5.72. The minimum atomic E-state index is -1.09. The topological polar surface area (TPSA) is 95.1 Å². The monoisotopic (exact) mass is 259 g/mol.